The summed E-state index contributed by atoms with van der Waals surface area (Å²) in [5.41, 5.74) is 2.74. The van der Waals surface area contributed by atoms with Gasteiger partial charge in [0.1, 0.15) is 6.54 Å². The molecule has 164 valence electrons. The molecule has 2 heterocycles. The lowest BCUT2D eigenvalue weighted by Crippen LogP contribution is -2.30. The van der Waals surface area contributed by atoms with Gasteiger partial charge < -0.3 is 9.80 Å². The molecular formula is C25H31N3O3. The lowest BCUT2D eigenvalue weighted by atomic mass is 10.1. The van der Waals surface area contributed by atoms with Gasteiger partial charge in [-0.1, -0.05) is 60.7 Å². The second-order valence-electron chi connectivity index (χ2n) is 7.97. The third-order valence-electron chi connectivity index (χ3n) is 5.49. The van der Waals surface area contributed by atoms with Gasteiger partial charge in [0.2, 0.25) is 11.8 Å². The predicted molar refractivity (Wildman–Crippen MR) is 120 cm³/mol. The van der Waals surface area contributed by atoms with Crippen LogP contribution in [0.1, 0.15) is 43.2 Å². The van der Waals surface area contributed by atoms with Crippen LogP contribution in [0.4, 0.5) is 4.79 Å². The van der Waals surface area contributed by atoms with E-state index in [1.165, 1.54) is 16.0 Å². The standard InChI is InChI=1S/C13H12.C12H19N3O3/c1-3-7-12(8-4-1)11-13-9-5-2-6-10-13;16-10-9-15(12(18)13-10)8-2-1-5-11(17)14-6-3-4-7-14/h1-10H,11H2;1-9H2,(H,13,16,18). The van der Waals surface area contributed by atoms with E-state index in [0.29, 0.717) is 13.0 Å². The van der Waals surface area contributed by atoms with E-state index in [2.05, 4.69) is 66.0 Å². The van der Waals surface area contributed by atoms with Gasteiger partial charge in [-0.2, -0.15) is 0 Å². The highest BCUT2D eigenvalue weighted by Crippen LogP contribution is 2.11. The molecule has 31 heavy (non-hydrogen) atoms. The molecule has 0 unspecified atom stereocenters. The monoisotopic (exact) mass is 421 g/mol. The van der Waals surface area contributed by atoms with Crippen molar-refractivity contribution in [1.29, 1.82) is 0 Å². The molecule has 2 aliphatic rings. The summed E-state index contributed by atoms with van der Waals surface area (Å²) in [6.45, 7) is 2.48. The van der Waals surface area contributed by atoms with Crippen molar-refractivity contribution in [2.75, 3.05) is 26.2 Å². The van der Waals surface area contributed by atoms with Crippen molar-refractivity contribution in [1.82, 2.24) is 15.1 Å². The Labute approximate surface area is 184 Å². The van der Waals surface area contributed by atoms with Crippen molar-refractivity contribution in [2.45, 2.75) is 38.5 Å². The Bertz CT molecular complexity index is 811. The smallest absolute Gasteiger partial charge is 0.324 e. The molecule has 0 aromatic heterocycles. The fourth-order valence-corrected chi connectivity index (χ4v) is 3.79. The van der Waals surface area contributed by atoms with Crippen LogP contribution in [0.25, 0.3) is 0 Å². The zero-order chi connectivity index (χ0) is 21.9. The number of hydrogen-bond donors (Lipinski definition) is 1. The molecule has 1 N–H and O–H groups in total. The number of unbranched alkanes of at least 4 members (excludes halogenated alkanes) is 1. The average molecular weight is 422 g/mol. The van der Waals surface area contributed by atoms with Gasteiger partial charge >= 0.3 is 6.03 Å². The second kappa shape index (κ2) is 11.9. The molecular weight excluding hydrogens is 390 g/mol. The van der Waals surface area contributed by atoms with Crippen LogP contribution < -0.4 is 5.32 Å². The van der Waals surface area contributed by atoms with Crippen LogP contribution in [0.2, 0.25) is 0 Å². The molecule has 2 aromatic rings. The maximum Gasteiger partial charge on any atom is 0.324 e. The van der Waals surface area contributed by atoms with Crippen molar-refractivity contribution in [3.8, 4) is 0 Å². The van der Waals surface area contributed by atoms with Gasteiger partial charge in [0.25, 0.3) is 0 Å². The Balaban J connectivity index is 0.000000185. The molecule has 0 radical (unpaired) electrons. The number of benzene rings is 2. The lowest BCUT2D eigenvalue weighted by molar-refractivity contribution is -0.130. The third-order valence-corrected chi connectivity index (χ3v) is 5.49. The summed E-state index contributed by atoms with van der Waals surface area (Å²) in [5, 5.41) is 2.23. The maximum absolute atomic E-state index is 11.7. The number of likely N-dealkylation sites (tertiary alicyclic amines) is 1. The van der Waals surface area contributed by atoms with Crippen molar-refractivity contribution in [3.63, 3.8) is 0 Å². The maximum atomic E-state index is 11.7. The van der Waals surface area contributed by atoms with Crippen LogP contribution in [0.15, 0.2) is 60.7 Å². The minimum Gasteiger partial charge on any atom is -0.343 e. The predicted octanol–water partition coefficient (Wildman–Crippen LogP) is 3.61. The van der Waals surface area contributed by atoms with E-state index in [1.54, 1.807) is 0 Å². The van der Waals surface area contributed by atoms with E-state index in [9.17, 15) is 14.4 Å². The molecule has 0 saturated carbocycles. The van der Waals surface area contributed by atoms with Crippen molar-refractivity contribution in [3.05, 3.63) is 71.8 Å². The Morgan fingerprint density at radius 2 is 1.42 bits per heavy atom. The van der Waals surface area contributed by atoms with Gasteiger partial charge in [-0.25, -0.2) is 4.79 Å². The highest BCUT2D eigenvalue weighted by atomic mass is 16.2. The van der Waals surface area contributed by atoms with Crippen LogP contribution in [-0.2, 0) is 16.0 Å². The topological polar surface area (TPSA) is 69.7 Å². The molecule has 0 atom stereocenters. The summed E-state index contributed by atoms with van der Waals surface area (Å²) in [7, 11) is 0. The normalized spacial score (nSPS) is 15.5. The van der Waals surface area contributed by atoms with Gasteiger partial charge in [-0.3, -0.25) is 14.9 Å². The molecule has 4 amide bonds. The van der Waals surface area contributed by atoms with Gasteiger partial charge in [-0.15, -0.1) is 0 Å². The first kappa shape index (κ1) is 22.5. The minimum absolute atomic E-state index is 0.152. The van der Waals surface area contributed by atoms with Crippen LogP contribution in [0.5, 0.6) is 0 Å². The number of hydrogen-bond acceptors (Lipinski definition) is 3. The highest BCUT2D eigenvalue weighted by molar-refractivity contribution is 6.01. The molecule has 2 saturated heterocycles. The Morgan fingerprint density at radius 3 is 1.94 bits per heavy atom. The quantitative estimate of drug-likeness (QED) is 0.548. The van der Waals surface area contributed by atoms with Gasteiger partial charge in [0, 0.05) is 26.1 Å². The first-order valence-corrected chi connectivity index (χ1v) is 11.1. The molecule has 0 aliphatic carbocycles. The Morgan fingerprint density at radius 1 is 0.839 bits per heavy atom. The fourth-order valence-electron chi connectivity index (χ4n) is 3.79. The van der Waals surface area contributed by atoms with E-state index >= 15 is 0 Å². The molecule has 2 aliphatic heterocycles. The minimum atomic E-state index is -0.314. The molecule has 0 spiro atoms. The van der Waals surface area contributed by atoms with E-state index in [0.717, 1.165) is 45.2 Å². The highest BCUT2D eigenvalue weighted by Gasteiger charge is 2.25. The third kappa shape index (κ3) is 7.55. The molecule has 0 bridgehead atoms. The van der Waals surface area contributed by atoms with Crippen molar-refractivity contribution in [2.24, 2.45) is 0 Å². The SMILES string of the molecule is O=C1CN(CCCCC(=O)N2CCCC2)C(=O)N1.c1ccc(Cc2ccccc2)cc1. The molecule has 4 rings (SSSR count). The van der Waals surface area contributed by atoms with E-state index in [-0.39, 0.29) is 24.4 Å². The zero-order valence-electron chi connectivity index (χ0n) is 18.0. The van der Waals surface area contributed by atoms with Gasteiger partial charge in [0.15, 0.2) is 0 Å². The average Bonchev–Trinajstić information content (AvgIpc) is 3.43. The van der Waals surface area contributed by atoms with E-state index in [4.69, 9.17) is 0 Å². The number of carbonyl (C=O) groups excluding carboxylic acids is 3. The lowest BCUT2D eigenvalue weighted by Gasteiger charge is -2.16. The number of amides is 4. The number of imide groups is 1. The molecule has 6 nitrogen and oxygen atoms in total. The summed E-state index contributed by atoms with van der Waals surface area (Å²) in [6.07, 6.45) is 5.34. The van der Waals surface area contributed by atoms with Crippen LogP contribution in [-0.4, -0.2) is 53.8 Å². The Kier molecular flexibility index (Phi) is 8.64. The van der Waals surface area contributed by atoms with E-state index < -0.39 is 0 Å². The summed E-state index contributed by atoms with van der Waals surface area (Å²) in [4.78, 5) is 37.3. The van der Waals surface area contributed by atoms with Crippen LogP contribution in [0, 0.1) is 0 Å². The summed E-state index contributed by atoms with van der Waals surface area (Å²) < 4.78 is 0. The van der Waals surface area contributed by atoms with Crippen molar-refractivity contribution >= 4 is 17.8 Å². The van der Waals surface area contributed by atoms with Crippen molar-refractivity contribution < 1.29 is 14.4 Å². The molecule has 2 fully saturated rings. The van der Waals surface area contributed by atoms with Crippen LogP contribution >= 0.6 is 0 Å². The second-order valence-corrected chi connectivity index (χ2v) is 7.97. The number of carbonyl (C=O) groups is 3. The number of rotatable bonds is 7. The number of nitrogens with one attached hydrogen (secondary N) is 1. The zero-order valence-corrected chi connectivity index (χ0v) is 18.0. The Hall–Kier alpha value is -3.15. The number of urea groups is 1. The molecule has 2 aromatic carbocycles. The van der Waals surface area contributed by atoms with Crippen LogP contribution in [0.3, 0.4) is 0 Å². The largest absolute Gasteiger partial charge is 0.343 e. The number of nitrogens with zero attached hydrogens (tertiary/aromatic N) is 2. The van der Waals surface area contributed by atoms with Gasteiger partial charge in [0.05, 0.1) is 0 Å². The first-order chi connectivity index (χ1) is 15.1. The summed E-state index contributed by atoms with van der Waals surface area (Å²) in [6, 6.07) is 20.8. The first-order valence-electron chi connectivity index (χ1n) is 11.1. The summed E-state index contributed by atoms with van der Waals surface area (Å²) >= 11 is 0. The van der Waals surface area contributed by atoms with Gasteiger partial charge in [-0.05, 0) is 43.2 Å². The molecule has 6 heteroatoms. The fraction of sp³-hybridized carbons (Fsp3) is 0.400. The summed E-state index contributed by atoms with van der Waals surface area (Å²) in [5.74, 6) is -0.0254. The van der Waals surface area contributed by atoms with E-state index in [1.807, 2.05) is 4.90 Å².